The molecule has 100 valence electrons. The maximum absolute atomic E-state index is 12.3. The third-order valence-corrected chi connectivity index (χ3v) is 3.27. The monoisotopic (exact) mass is 276 g/mol. The van der Waals surface area contributed by atoms with Crippen molar-refractivity contribution in [1.82, 2.24) is 9.78 Å². The molecule has 0 fully saturated rings. The molecule has 1 aromatic heterocycles. The fraction of sp³-hybridized carbons (Fsp3) is 0.333. The van der Waals surface area contributed by atoms with Crippen LogP contribution < -0.4 is 0 Å². The topological polar surface area (TPSA) is 34.9 Å². The van der Waals surface area contributed by atoms with Crippen LogP contribution in [0.5, 0.6) is 0 Å². The number of carbonyl (C=O) groups is 1. The highest BCUT2D eigenvalue weighted by Gasteiger charge is 2.12. The molecular formula is C15H17ClN2O. The molecule has 0 atom stereocenters. The standard InChI is InChI=1S/C15H17ClN2O/c1-10(2)18-7-6-13(17-18)9-15(19)14-8-12(16)5-4-11(14)3/h4-8,10H,9H2,1-3H3. The van der Waals surface area contributed by atoms with Gasteiger partial charge in [0, 0.05) is 22.8 Å². The van der Waals surface area contributed by atoms with Crippen LogP contribution in [0, 0.1) is 6.92 Å². The number of Topliss-reactive ketones (excluding diaryl/α,β-unsaturated/α-hetero) is 1. The van der Waals surface area contributed by atoms with E-state index in [-0.39, 0.29) is 5.78 Å². The normalized spacial score (nSPS) is 11.0. The first-order valence-electron chi connectivity index (χ1n) is 6.30. The van der Waals surface area contributed by atoms with Gasteiger partial charge in [0.2, 0.25) is 0 Å². The van der Waals surface area contributed by atoms with Gasteiger partial charge in [-0.25, -0.2) is 0 Å². The molecule has 1 aromatic carbocycles. The third kappa shape index (κ3) is 3.24. The largest absolute Gasteiger partial charge is 0.294 e. The number of halogens is 1. The number of ketones is 1. The number of aromatic nitrogens is 2. The number of hydrogen-bond donors (Lipinski definition) is 0. The zero-order valence-electron chi connectivity index (χ0n) is 11.4. The van der Waals surface area contributed by atoms with Crippen LogP contribution in [-0.2, 0) is 6.42 Å². The first-order chi connectivity index (χ1) is 8.97. The molecule has 2 aromatic rings. The summed E-state index contributed by atoms with van der Waals surface area (Å²) in [5.74, 6) is 0.0500. The summed E-state index contributed by atoms with van der Waals surface area (Å²) in [4.78, 5) is 12.3. The molecule has 3 nitrogen and oxygen atoms in total. The van der Waals surface area contributed by atoms with Crippen LogP contribution in [0.1, 0.15) is 41.5 Å². The van der Waals surface area contributed by atoms with Gasteiger partial charge in [0.05, 0.1) is 12.1 Å². The summed E-state index contributed by atoms with van der Waals surface area (Å²) in [6.45, 7) is 6.02. The van der Waals surface area contributed by atoms with Crippen molar-refractivity contribution in [1.29, 1.82) is 0 Å². The highest BCUT2D eigenvalue weighted by Crippen LogP contribution is 2.17. The molecule has 0 aliphatic heterocycles. The minimum atomic E-state index is 0.0500. The Balaban J connectivity index is 2.18. The molecule has 0 radical (unpaired) electrons. The van der Waals surface area contributed by atoms with Crippen molar-refractivity contribution in [2.45, 2.75) is 33.2 Å². The highest BCUT2D eigenvalue weighted by atomic mass is 35.5. The van der Waals surface area contributed by atoms with Gasteiger partial charge in [-0.1, -0.05) is 17.7 Å². The van der Waals surface area contributed by atoms with Crippen molar-refractivity contribution in [3.8, 4) is 0 Å². The summed E-state index contributed by atoms with van der Waals surface area (Å²) in [5, 5.41) is 4.98. The summed E-state index contributed by atoms with van der Waals surface area (Å²) in [6.07, 6.45) is 2.21. The second-order valence-electron chi connectivity index (χ2n) is 4.94. The zero-order valence-corrected chi connectivity index (χ0v) is 12.1. The SMILES string of the molecule is Cc1ccc(Cl)cc1C(=O)Cc1ccn(C(C)C)n1. The van der Waals surface area contributed by atoms with Gasteiger partial charge < -0.3 is 0 Å². The van der Waals surface area contributed by atoms with E-state index in [9.17, 15) is 4.79 Å². The molecular weight excluding hydrogens is 260 g/mol. The van der Waals surface area contributed by atoms with Crippen LogP contribution in [0.15, 0.2) is 30.5 Å². The molecule has 19 heavy (non-hydrogen) atoms. The summed E-state index contributed by atoms with van der Waals surface area (Å²) in [5.41, 5.74) is 2.40. The maximum atomic E-state index is 12.3. The number of aryl methyl sites for hydroxylation is 1. The lowest BCUT2D eigenvalue weighted by Gasteiger charge is -2.05. The van der Waals surface area contributed by atoms with E-state index in [0.29, 0.717) is 23.0 Å². The van der Waals surface area contributed by atoms with Crippen LogP contribution in [0.4, 0.5) is 0 Å². The van der Waals surface area contributed by atoms with Gasteiger partial charge in [0.25, 0.3) is 0 Å². The fourth-order valence-electron chi connectivity index (χ4n) is 1.91. The van der Waals surface area contributed by atoms with E-state index in [1.165, 1.54) is 0 Å². The Morgan fingerprint density at radius 3 is 2.74 bits per heavy atom. The van der Waals surface area contributed by atoms with Crippen LogP contribution in [-0.4, -0.2) is 15.6 Å². The summed E-state index contributed by atoms with van der Waals surface area (Å²) >= 11 is 5.94. The Hall–Kier alpha value is -1.61. The number of hydrogen-bond acceptors (Lipinski definition) is 2. The van der Waals surface area contributed by atoms with E-state index in [0.717, 1.165) is 11.3 Å². The van der Waals surface area contributed by atoms with Gasteiger partial charge in [0.15, 0.2) is 5.78 Å². The van der Waals surface area contributed by atoms with E-state index in [4.69, 9.17) is 11.6 Å². The molecule has 0 saturated carbocycles. The molecule has 0 spiro atoms. The molecule has 2 rings (SSSR count). The lowest BCUT2D eigenvalue weighted by molar-refractivity contribution is 0.0991. The molecule has 0 aliphatic rings. The minimum absolute atomic E-state index is 0.0500. The number of nitrogens with zero attached hydrogens (tertiary/aromatic N) is 2. The van der Waals surface area contributed by atoms with Gasteiger partial charge in [-0.2, -0.15) is 5.10 Å². The predicted octanol–water partition coefficient (Wildman–Crippen LogP) is 3.85. The van der Waals surface area contributed by atoms with Crippen molar-refractivity contribution < 1.29 is 4.79 Å². The van der Waals surface area contributed by atoms with E-state index in [1.54, 1.807) is 12.1 Å². The average molecular weight is 277 g/mol. The van der Waals surface area contributed by atoms with Gasteiger partial charge in [-0.05, 0) is 44.5 Å². The predicted molar refractivity (Wildman–Crippen MR) is 76.8 cm³/mol. The van der Waals surface area contributed by atoms with Gasteiger partial charge in [-0.3, -0.25) is 9.48 Å². The summed E-state index contributed by atoms with van der Waals surface area (Å²) < 4.78 is 1.85. The van der Waals surface area contributed by atoms with Gasteiger partial charge in [0.1, 0.15) is 0 Å². The first-order valence-corrected chi connectivity index (χ1v) is 6.68. The molecule has 0 unspecified atom stereocenters. The highest BCUT2D eigenvalue weighted by molar-refractivity contribution is 6.31. The molecule has 0 aliphatic carbocycles. The van der Waals surface area contributed by atoms with Crippen molar-refractivity contribution in [3.63, 3.8) is 0 Å². The van der Waals surface area contributed by atoms with E-state index in [1.807, 2.05) is 29.9 Å². The first kappa shape index (κ1) is 13.8. The average Bonchev–Trinajstić information content (AvgIpc) is 2.80. The van der Waals surface area contributed by atoms with Crippen molar-refractivity contribution in [2.24, 2.45) is 0 Å². The smallest absolute Gasteiger partial charge is 0.169 e. The van der Waals surface area contributed by atoms with Crippen molar-refractivity contribution in [2.75, 3.05) is 0 Å². The van der Waals surface area contributed by atoms with Gasteiger partial charge in [-0.15, -0.1) is 0 Å². The lowest BCUT2D eigenvalue weighted by Crippen LogP contribution is -2.08. The second kappa shape index (κ2) is 5.57. The summed E-state index contributed by atoms with van der Waals surface area (Å²) in [6, 6.07) is 7.57. The van der Waals surface area contributed by atoms with Crippen molar-refractivity contribution in [3.05, 3.63) is 52.3 Å². The molecule has 1 heterocycles. The fourth-order valence-corrected chi connectivity index (χ4v) is 2.09. The van der Waals surface area contributed by atoms with Crippen LogP contribution in [0.2, 0.25) is 5.02 Å². The number of rotatable bonds is 4. The number of benzene rings is 1. The van der Waals surface area contributed by atoms with Crippen LogP contribution in [0.25, 0.3) is 0 Å². The Morgan fingerprint density at radius 1 is 1.37 bits per heavy atom. The summed E-state index contributed by atoms with van der Waals surface area (Å²) in [7, 11) is 0. The molecule has 0 saturated heterocycles. The molecule has 4 heteroatoms. The van der Waals surface area contributed by atoms with Crippen LogP contribution >= 0.6 is 11.6 Å². The van der Waals surface area contributed by atoms with E-state index >= 15 is 0 Å². The van der Waals surface area contributed by atoms with E-state index < -0.39 is 0 Å². The number of carbonyl (C=O) groups excluding carboxylic acids is 1. The molecule has 0 amide bonds. The zero-order chi connectivity index (χ0) is 14.0. The molecule has 0 bridgehead atoms. The Bertz CT molecular complexity index is 602. The Morgan fingerprint density at radius 2 is 2.11 bits per heavy atom. The van der Waals surface area contributed by atoms with Crippen LogP contribution in [0.3, 0.4) is 0 Å². The van der Waals surface area contributed by atoms with Crippen molar-refractivity contribution >= 4 is 17.4 Å². The van der Waals surface area contributed by atoms with E-state index in [2.05, 4.69) is 18.9 Å². The quantitative estimate of drug-likeness (QED) is 0.795. The Kier molecular flexibility index (Phi) is 4.05. The Labute approximate surface area is 118 Å². The third-order valence-electron chi connectivity index (χ3n) is 3.03. The molecule has 0 N–H and O–H groups in total. The lowest BCUT2D eigenvalue weighted by atomic mass is 10.0. The maximum Gasteiger partial charge on any atom is 0.169 e. The second-order valence-corrected chi connectivity index (χ2v) is 5.38. The minimum Gasteiger partial charge on any atom is -0.294 e. The van der Waals surface area contributed by atoms with Gasteiger partial charge >= 0.3 is 0 Å².